The van der Waals surface area contributed by atoms with E-state index in [-0.39, 0.29) is 93.4 Å². The zero-order valence-corrected chi connectivity index (χ0v) is 26.3. The molecular formula is C24H60N3O12S2-. The lowest BCUT2D eigenvalue weighted by atomic mass is 10.1. The van der Waals surface area contributed by atoms with E-state index in [1.807, 2.05) is 37.9 Å². The molecule has 0 aromatic carbocycles. The first-order valence-electron chi connectivity index (χ1n) is 12.3. The van der Waals surface area contributed by atoms with Crippen LogP contribution in [0.25, 0.3) is 0 Å². The average Bonchev–Trinajstić information content (AvgIpc) is 2.82. The molecule has 0 saturated heterocycles. The summed E-state index contributed by atoms with van der Waals surface area (Å²) in [6, 6.07) is 0. The number of aliphatic hydroxyl groups excluding tert-OH is 7. The Morgan fingerprint density at radius 2 is 1.10 bits per heavy atom. The first kappa shape index (κ1) is 59.4. The SMILES string of the molecule is C.CC(CCO)CCO.CN(CCO)CCO.CN(CCO)CCO.C[NH+](CCO)CCOC(=O)[O-].O=C=O.S.[SH-]. The number of rotatable bonds is 17. The van der Waals surface area contributed by atoms with Crippen molar-refractivity contribution in [1.29, 1.82) is 0 Å². The van der Waals surface area contributed by atoms with E-state index in [1.165, 1.54) is 0 Å². The van der Waals surface area contributed by atoms with E-state index in [9.17, 15) is 9.90 Å². The van der Waals surface area contributed by atoms with E-state index in [2.05, 4.69) is 4.74 Å². The van der Waals surface area contributed by atoms with Gasteiger partial charge in [-0.15, -0.1) is 0 Å². The maximum absolute atomic E-state index is 9.75. The number of nitrogens with zero attached hydrogens (tertiary/aromatic N) is 2. The first-order valence-corrected chi connectivity index (χ1v) is 12.3. The number of hydrogen-bond acceptors (Lipinski definition) is 15. The van der Waals surface area contributed by atoms with Crippen LogP contribution in [0.15, 0.2) is 0 Å². The molecule has 0 rings (SSSR count). The fourth-order valence-electron chi connectivity index (χ4n) is 2.12. The number of ether oxygens (including phenoxy) is 1. The highest BCUT2D eigenvalue weighted by molar-refractivity contribution is 7.59. The third-order valence-corrected chi connectivity index (χ3v) is 4.46. The highest BCUT2D eigenvalue weighted by Gasteiger charge is 1.98. The second-order valence-corrected chi connectivity index (χ2v) is 7.99. The van der Waals surface area contributed by atoms with E-state index in [0.717, 1.165) is 17.7 Å². The van der Waals surface area contributed by atoms with Crippen molar-refractivity contribution in [2.45, 2.75) is 27.2 Å². The second-order valence-electron chi connectivity index (χ2n) is 7.99. The van der Waals surface area contributed by atoms with Crippen LogP contribution in [0, 0.1) is 5.92 Å². The Labute approximate surface area is 260 Å². The zero-order chi connectivity index (χ0) is 30.6. The lowest BCUT2D eigenvalue weighted by Gasteiger charge is -2.14. The molecule has 17 heteroatoms. The molecule has 0 radical (unpaired) electrons. The maximum Gasteiger partial charge on any atom is 0.373 e. The smallest absolute Gasteiger partial charge is 0.373 e. The minimum absolute atomic E-state index is 0. The molecule has 1 unspecified atom stereocenters. The molecule has 0 bridgehead atoms. The number of carboxylic acid groups (broad SMARTS) is 1. The van der Waals surface area contributed by atoms with Gasteiger partial charge in [-0.05, 0) is 32.9 Å². The predicted octanol–water partition coefficient (Wildman–Crippen LogP) is -5.06. The highest BCUT2D eigenvalue weighted by Crippen LogP contribution is 2.03. The third-order valence-electron chi connectivity index (χ3n) is 4.46. The van der Waals surface area contributed by atoms with Crippen LogP contribution >= 0.6 is 13.5 Å². The summed E-state index contributed by atoms with van der Waals surface area (Å²) >= 11 is 0. The first-order chi connectivity index (χ1) is 18.0. The van der Waals surface area contributed by atoms with Crippen LogP contribution in [0.2, 0.25) is 0 Å². The van der Waals surface area contributed by atoms with Crippen molar-refractivity contribution >= 4 is 39.3 Å². The Morgan fingerprint density at radius 1 is 0.780 bits per heavy atom. The molecule has 0 fully saturated rings. The van der Waals surface area contributed by atoms with Crippen molar-refractivity contribution in [1.82, 2.24) is 9.80 Å². The molecule has 0 aliphatic rings. The molecule has 15 nitrogen and oxygen atoms in total. The number of carbonyl (C=O) groups excluding carboxylic acids is 3. The summed E-state index contributed by atoms with van der Waals surface area (Å²) in [4.78, 5) is 30.7. The molecule has 0 spiro atoms. The van der Waals surface area contributed by atoms with Crippen molar-refractivity contribution < 1.29 is 64.9 Å². The number of carbonyl (C=O) groups is 1. The Balaban J connectivity index is -0.0000000562. The van der Waals surface area contributed by atoms with Crippen molar-refractivity contribution in [3.05, 3.63) is 0 Å². The van der Waals surface area contributed by atoms with Crippen LogP contribution in [0.1, 0.15) is 27.2 Å². The monoisotopic (exact) mass is 646 g/mol. The fourth-order valence-corrected chi connectivity index (χ4v) is 2.12. The lowest BCUT2D eigenvalue weighted by Crippen LogP contribution is -3.10. The topological polar surface area (TPSA) is 236 Å². The van der Waals surface area contributed by atoms with E-state index >= 15 is 0 Å². The van der Waals surface area contributed by atoms with Crippen molar-refractivity contribution in [2.24, 2.45) is 5.92 Å². The second kappa shape index (κ2) is 55.0. The van der Waals surface area contributed by atoms with Crippen molar-refractivity contribution in [3.8, 4) is 0 Å². The van der Waals surface area contributed by atoms with Gasteiger partial charge in [-0.25, -0.2) is 0 Å². The largest absolute Gasteiger partial charge is 0.813 e. The number of hydrogen-bond donors (Lipinski definition) is 8. The molecular weight excluding hydrogens is 586 g/mol. The quantitative estimate of drug-likeness (QED) is 0.0419. The summed E-state index contributed by atoms with van der Waals surface area (Å²) in [6.45, 7) is 7.06. The van der Waals surface area contributed by atoms with Crippen LogP contribution in [0.4, 0.5) is 4.79 Å². The molecule has 0 aromatic rings. The van der Waals surface area contributed by atoms with Crippen molar-refractivity contribution in [2.75, 3.05) is 113 Å². The van der Waals surface area contributed by atoms with Gasteiger partial charge in [0.05, 0.1) is 53.2 Å². The van der Waals surface area contributed by atoms with E-state index in [0.29, 0.717) is 45.2 Å². The van der Waals surface area contributed by atoms with Crippen LogP contribution in [-0.4, -0.2) is 171 Å². The number of aliphatic hydroxyl groups is 7. The van der Waals surface area contributed by atoms with Gasteiger partial charge < -0.3 is 78.6 Å². The lowest BCUT2D eigenvalue weighted by molar-refractivity contribution is -0.880. The molecule has 0 amide bonds. The van der Waals surface area contributed by atoms with Crippen LogP contribution in [0.5, 0.6) is 0 Å². The summed E-state index contributed by atoms with van der Waals surface area (Å²) < 4.78 is 4.16. The Bertz CT molecular complexity index is 434. The molecule has 0 saturated carbocycles. The van der Waals surface area contributed by atoms with Crippen molar-refractivity contribution in [3.63, 3.8) is 0 Å². The highest BCUT2D eigenvalue weighted by atomic mass is 32.1. The minimum Gasteiger partial charge on any atom is -0.813 e. The Hall–Kier alpha value is -1.05. The zero-order valence-electron chi connectivity index (χ0n) is 24.4. The summed E-state index contributed by atoms with van der Waals surface area (Å²) in [5.41, 5.74) is 0. The standard InChI is InChI=1S/C6H13NO4.C6H14O2.2C5H13NO2.CO2.CH4.2H2S/c1-7(2-4-8)3-5-11-6(9)10;3*1-6(2-4-7)3-5-8;2-1-3;;;/h8H,2-5H2,1H3,(H,9,10);6-8H,2-5H2,1H3;2*7-8H,2-5H2,1H3;;1H4;2*1H2/p-1. The molecule has 0 heterocycles. The Morgan fingerprint density at radius 3 is 1.32 bits per heavy atom. The summed E-state index contributed by atoms with van der Waals surface area (Å²) in [6.07, 6.45) is 0.364. The van der Waals surface area contributed by atoms with Crippen LogP contribution < -0.4 is 10.0 Å². The van der Waals surface area contributed by atoms with Gasteiger partial charge in [0.15, 0.2) is 0 Å². The van der Waals surface area contributed by atoms with Gasteiger partial charge in [0.2, 0.25) is 0 Å². The third kappa shape index (κ3) is 79.0. The number of likely N-dealkylation sites (N-methyl/N-ethyl adjacent to an activating group) is 3. The van der Waals surface area contributed by atoms with Crippen LogP contribution in [-0.2, 0) is 27.8 Å². The van der Waals surface area contributed by atoms with Gasteiger partial charge in [-0.2, -0.15) is 23.1 Å². The Kier molecular flexibility index (Phi) is 79.6. The predicted molar refractivity (Wildman–Crippen MR) is 162 cm³/mol. The molecule has 1 atom stereocenters. The van der Waals surface area contributed by atoms with Gasteiger partial charge >= 0.3 is 6.15 Å². The fraction of sp³-hybridized carbons (Fsp3) is 0.917. The molecule has 256 valence electrons. The van der Waals surface area contributed by atoms with Crippen LogP contribution in [0.3, 0.4) is 0 Å². The maximum atomic E-state index is 9.75. The summed E-state index contributed by atoms with van der Waals surface area (Å²) in [5, 5.41) is 68.3. The van der Waals surface area contributed by atoms with Gasteiger partial charge in [0.25, 0.3) is 6.16 Å². The van der Waals surface area contributed by atoms with Gasteiger partial charge in [-0.3, -0.25) is 0 Å². The van der Waals surface area contributed by atoms with Gasteiger partial charge in [0.1, 0.15) is 6.54 Å². The molecule has 0 aliphatic carbocycles. The minimum atomic E-state index is -1.50. The summed E-state index contributed by atoms with van der Waals surface area (Å²) in [7, 11) is 5.55. The van der Waals surface area contributed by atoms with E-state index in [4.69, 9.17) is 45.3 Å². The summed E-state index contributed by atoms with van der Waals surface area (Å²) in [5.74, 6) is 0.463. The average molecular weight is 647 g/mol. The van der Waals surface area contributed by atoms with Gasteiger partial charge in [-0.1, -0.05) is 14.4 Å². The van der Waals surface area contributed by atoms with E-state index < -0.39 is 6.16 Å². The number of nitrogens with one attached hydrogen (secondary N) is 1. The normalized spacial score (nSPS) is 9.71. The number of thiol groups is 1. The number of quaternary nitrogens is 1. The van der Waals surface area contributed by atoms with Gasteiger partial charge in [0, 0.05) is 39.4 Å². The van der Waals surface area contributed by atoms with E-state index in [1.54, 1.807) is 0 Å². The molecule has 41 heavy (non-hydrogen) atoms. The molecule has 0 aliphatic heterocycles. The molecule has 0 aromatic heterocycles. The molecule has 8 N–H and O–H groups in total.